The van der Waals surface area contributed by atoms with Crippen LogP contribution in [0.3, 0.4) is 0 Å². The molecule has 0 aliphatic heterocycles. The summed E-state index contributed by atoms with van der Waals surface area (Å²) >= 11 is 0. The molecule has 0 radical (unpaired) electrons. The summed E-state index contributed by atoms with van der Waals surface area (Å²) in [6.07, 6.45) is 2.60. The van der Waals surface area contributed by atoms with E-state index in [4.69, 9.17) is 4.42 Å². The molecule has 1 rings (SSSR count). The average Bonchev–Trinajstić information content (AvgIpc) is 2.40. The second-order valence-corrected chi connectivity index (χ2v) is 2.15. The van der Waals surface area contributed by atoms with E-state index in [1.54, 1.807) is 12.3 Å². The maximum Gasteiger partial charge on any atom is 0.140 e. The van der Waals surface area contributed by atoms with Crippen molar-refractivity contribution in [2.75, 3.05) is 0 Å². The molecule has 1 aromatic rings. The first-order valence-electron chi connectivity index (χ1n) is 3.37. The Morgan fingerprint density at radius 2 is 2.50 bits per heavy atom. The van der Waals surface area contributed by atoms with Crippen LogP contribution in [0.2, 0.25) is 0 Å². The Bertz CT molecular complexity index is 199. The third-order valence-corrected chi connectivity index (χ3v) is 1.35. The van der Waals surface area contributed by atoms with Crippen molar-refractivity contribution in [3.05, 3.63) is 24.2 Å². The van der Waals surface area contributed by atoms with E-state index >= 15 is 0 Å². The topological polar surface area (TPSA) is 30.2 Å². The first kappa shape index (κ1) is 7.06. The van der Waals surface area contributed by atoms with E-state index in [1.165, 1.54) is 0 Å². The molecule has 0 N–H and O–H groups in total. The van der Waals surface area contributed by atoms with Crippen LogP contribution in [0, 0.1) is 0 Å². The third kappa shape index (κ3) is 1.72. The lowest BCUT2D eigenvalue weighted by Crippen LogP contribution is -1.98. The zero-order chi connectivity index (χ0) is 7.40. The van der Waals surface area contributed by atoms with Crippen LogP contribution < -0.4 is 0 Å². The second-order valence-electron chi connectivity index (χ2n) is 2.15. The zero-order valence-electron chi connectivity index (χ0n) is 5.96. The lowest BCUT2D eigenvalue weighted by atomic mass is 10.2. The van der Waals surface area contributed by atoms with Crippen LogP contribution in [0.1, 0.15) is 19.1 Å². The van der Waals surface area contributed by atoms with Crippen LogP contribution in [0.15, 0.2) is 22.8 Å². The van der Waals surface area contributed by atoms with E-state index in [9.17, 15) is 4.79 Å². The van der Waals surface area contributed by atoms with Gasteiger partial charge in [0.25, 0.3) is 0 Å². The van der Waals surface area contributed by atoms with Gasteiger partial charge in [0.15, 0.2) is 0 Å². The number of carbonyl (C=O) groups is 1. The molecule has 2 nitrogen and oxygen atoms in total. The van der Waals surface area contributed by atoms with Gasteiger partial charge in [-0.15, -0.1) is 0 Å². The molecular weight excluding hydrogens is 128 g/mol. The summed E-state index contributed by atoms with van der Waals surface area (Å²) in [7, 11) is 0. The SMILES string of the molecule is CCC(=O)Cc1ccco1. The molecule has 10 heavy (non-hydrogen) atoms. The summed E-state index contributed by atoms with van der Waals surface area (Å²) in [5, 5.41) is 0. The molecule has 0 unspecified atom stereocenters. The van der Waals surface area contributed by atoms with Crippen molar-refractivity contribution in [2.24, 2.45) is 0 Å². The highest BCUT2D eigenvalue weighted by Crippen LogP contribution is 2.02. The summed E-state index contributed by atoms with van der Waals surface area (Å²) in [6.45, 7) is 1.85. The number of rotatable bonds is 3. The summed E-state index contributed by atoms with van der Waals surface area (Å²) in [5.74, 6) is 0.974. The molecule has 0 aromatic carbocycles. The van der Waals surface area contributed by atoms with Crippen LogP contribution in [0.25, 0.3) is 0 Å². The van der Waals surface area contributed by atoms with Gasteiger partial charge in [-0.1, -0.05) is 6.92 Å². The standard InChI is InChI=1S/C8H10O2/c1-2-7(9)6-8-4-3-5-10-8/h3-5H,2,6H2,1H3. The largest absolute Gasteiger partial charge is 0.469 e. The van der Waals surface area contributed by atoms with Gasteiger partial charge in [-0.05, 0) is 12.1 Å². The monoisotopic (exact) mass is 138 g/mol. The minimum atomic E-state index is 0.218. The van der Waals surface area contributed by atoms with E-state index in [0.717, 1.165) is 5.76 Å². The summed E-state index contributed by atoms with van der Waals surface area (Å²) < 4.78 is 4.99. The van der Waals surface area contributed by atoms with Crippen LogP contribution >= 0.6 is 0 Å². The molecule has 2 heteroatoms. The number of Topliss-reactive ketones (excluding diaryl/α,β-unsaturated/α-hetero) is 1. The highest BCUT2D eigenvalue weighted by atomic mass is 16.3. The minimum absolute atomic E-state index is 0.218. The number of ketones is 1. The molecule has 0 spiro atoms. The fourth-order valence-corrected chi connectivity index (χ4v) is 0.732. The molecule has 0 saturated carbocycles. The van der Waals surface area contributed by atoms with Crippen LogP contribution in [0.4, 0.5) is 0 Å². The smallest absolute Gasteiger partial charge is 0.140 e. The van der Waals surface area contributed by atoms with Crippen LogP contribution in [-0.4, -0.2) is 5.78 Å². The van der Waals surface area contributed by atoms with E-state index in [2.05, 4.69) is 0 Å². The molecule has 1 aromatic heterocycles. The van der Waals surface area contributed by atoms with Gasteiger partial charge in [0.1, 0.15) is 11.5 Å². The Hall–Kier alpha value is -1.05. The molecular formula is C8H10O2. The third-order valence-electron chi connectivity index (χ3n) is 1.35. The molecule has 0 aliphatic carbocycles. The van der Waals surface area contributed by atoms with Crippen molar-refractivity contribution >= 4 is 5.78 Å². The predicted molar refractivity (Wildman–Crippen MR) is 37.7 cm³/mol. The lowest BCUT2D eigenvalue weighted by Gasteiger charge is -1.90. The molecule has 1 heterocycles. The molecule has 0 aliphatic rings. The van der Waals surface area contributed by atoms with E-state index in [1.807, 2.05) is 13.0 Å². The Balaban J connectivity index is 2.48. The molecule has 0 fully saturated rings. The normalized spacial score (nSPS) is 9.70. The summed E-state index contributed by atoms with van der Waals surface area (Å²) in [6, 6.07) is 3.60. The van der Waals surface area contributed by atoms with E-state index < -0.39 is 0 Å². The van der Waals surface area contributed by atoms with Gasteiger partial charge >= 0.3 is 0 Å². The molecule has 54 valence electrons. The quantitative estimate of drug-likeness (QED) is 0.637. The first-order valence-corrected chi connectivity index (χ1v) is 3.37. The number of carbonyl (C=O) groups excluding carboxylic acids is 1. The lowest BCUT2D eigenvalue weighted by molar-refractivity contribution is -0.118. The Morgan fingerprint density at radius 1 is 1.70 bits per heavy atom. The fourth-order valence-electron chi connectivity index (χ4n) is 0.732. The fraction of sp³-hybridized carbons (Fsp3) is 0.375. The predicted octanol–water partition coefficient (Wildman–Crippen LogP) is 1.80. The van der Waals surface area contributed by atoms with Crippen molar-refractivity contribution in [1.29, 1.82) is 0 Å². The van der Waals surface area contributed by atoms with Crippen molar-refractivity contribution < 1.29 is 9.21 Å². The van der Waals surface area contributed by atoms with Crippen LogP contribution in [-0.2, 0) is 11.2 Å². The van der Waals surface area contributed by atoms with Gasteiger partial charge in [-0.25, -0.2) is 0 Å². The van der Waals surface area contributed by atoms with Crippen molar-refractivity contribution in [3.63, 3.8) is 0 Å². The average molecular weight is 138 g/mol. The van der Waals surface area contributed by atoms with Gasteiger partial charge in [0, 0.05) is 6.42 Å². The number of furan rings is 1. The molecule has 0 saturated heterocycles. The van der Waals surface area contributed by atoms with Gasteiger partial charge in [0.2, 0.25) is 0 Å². The van der Waals surface area contributed by atoms with Crippen molar-refractivity contribution in [1.82, 2.24) is 0 Å². The highest BCUT2D eigenvalue weighted by molar-refractivity contribution is 5.79. The van der Waals surface area contributed by atoms with E-state index in [-0.39, 0.29) is 5.78 Å². The molecule has 0 bridgehead atoms. The van der Waals surface area contributed by atoms with E-state index in [0.29, 0.717) is 12.8 Å². The maximum atomic E-state index is 10.8. The van der Waals surface area contributed by atoms with Gasteiger partial charge in [-0.2, -0.15) is 0 Å². The number of hydrogen-bond acceptors (Lipinski definition) is 2. The first-order chi connectivity index (χ1) is 4.83. The maximum absolute atomic E-state index is 10.8. The second kappa shape index (κ2) is 3.20. The van der Waals surface area contributed by atoms with Gasteiger partial charge in [-0.3, -0.25) is 4.79 Å². The molecule has 0 amide bonds. The zero-order valence-corrected chi connectivity index (χ0v) is 5.96. The minimum Gasteiger partial charge on any atom is -0.469 e. The van der Waals surface area contributed by atoms with Crippen molar-refractivity contribution in [2.45, 2.75) is 19.8 Å². The molecule has 0 atom stereocenters. The Morgan fingerprint density at radius 3 is 3.00 bits per heavy atom. The summed E-state index contributed by atoms with van der Waals surface area (Å²) in [4.78, 5) is 10.8. The summed E-state index contributed by atoms with van der Waals surface area (Å²) in [5.41, 5.74) is 0. The highest BCUT2D eigenvalue weighted by Gasteiger charge is 2.01. The van der Waals surface area contributed by atoms with Gasteiger partial charge < -0.3 is 4.42 Å². The Kier molecular flexibility index (Phi) is 2.26. The van der Waals surface area contributed by atoms with Crippen LogP contribution in [0.5, 0.6) is 0 Å². The number of hydrogen-bond donors (Lipinski definition) is 0. The van der Waals surface area contributed by atoms with Crippen molar-refractivity contribution in [3.8, 4) is 0 Å². The Labute approximate surface area is 59.8 Å². The van der Waals surface area contributed by atoms with Gasteiger partial charge in [0.05, 0.1) is 12.7 Å².